The number of rotatable bonds is 2. The summed E-state index contributed by atoms with van der Waals surface area (Å²) in [6.45, 7) is 0. The number of nitrogens with zero attached hydrogens (tertiary/aromatic N) is 1. The van der Waals surface area contributed by atoms with E-state index in [4.69, 9.17) is 39.8 Å². The number of furan rings is 1. The minimum atomic E-state index is -4.56. The van der Waals surface area contributed by atoms with E-state index in [0.717, 1.165) is 23.9 Å². The number of carbonyl (C=O) groups excluding carboxylic acids is 1. The minimum absolute atomic E-state index is 0.143. The molecule has 0 N–H and O–H groups in total. The molecule has 2 aromatic rings. The lowest BCUT2D eigenvalue weighted by molar-refractivity contribution is -0.137. The van der Waals surface area contributed by atoms with Gasteiger partial charge in [-0.1, -0.05) is 47.2 Å². The van der Waals surface area contributed by atoms with E-state index in [1.54, 1.807) is 13.1 Å². The second-order valence-corrected chi connectivity index (χ2v) is 7.75. The summed E-state index contributed by atoms with van der Waals surface area (Å²) in [4.78, 5) is 13.7. The van der Waals surface area contributed by atoms with E-state index in [-0.39, 0.29) is 27.3 Å². The number of carbonyl (C=O) groups is 1. The minimum Gasteiger partial charge on any atom is -0.457 e. The largest absolute Gasteiger partial charge is 0.457 e. The molecule has 0 spiro atoms. The van der Waals surface area contributed by atoms with Crippen LogP contribution >= 0.6 is 47.2 Å². The molecule has 1 aromatic heterocycles. The SMILES string of the molecule is CN1C(=O)C(=Cc2ccc(-c3c(Cl)cc(C(F)(F)F)cc3Cl)o2)SC1=S. The average Bonchev–Trinajstić information content (AvgIpc) is 3.07. The second kappa shape index (κ2) is 6.92. The number of thiocarbonyl (C=S) groups is 1. The highest BCUT2D eigenvalue weighted by Crippen LogP contribution is 2.41. The lowest BCUT2D eigenvalue weighted by Gasteiger charge is -2.10. The molecule has 0 atom stereocenters. The molecular weight excluding hydrogens is 430 g/mol. The van der Waals surface area contributed by atoms with Crippen molar-refractivity contribution in [3.05, 3.63) is 50.5 Å². The van der Waals surface area contributed by atoms with Crippen LogP contribution in [-0.4, -0.2) is 22.2 Å². The third-order valence-electron chi connectivity index (χ3n) is 3.50. The number of amides is 1. The number of thioether (sulfide) groups is 1. The highest BCUT2D eigenvalue weighted by Gasteiger charge is 2.32. The Morgan fingerprint density at radius 2 is 1.85 bits per heavy atom. The average molecular weight is 438 g/mol. The molecule has 3 nitrogen and oxygen atoms in total. The summed E-state index contributed by atoms with van der Waals surface area (Å²) < 4.78 is 44.5. The first-order valence-corrected chi connectivity index (χ1v) is 8.94. The van der Waals surface area contributed by atoms with Gasteiger partial charge in [-0.15, -0.1) is 0 Å². The van der Waals surface area contributed by atoms with Gasteiger partial charge in [-0.3, -0.25) is 9.69 Å². The smallest absolute Gasteiger partial charge is 0.416 e. The van der Waals surface area contributed by atoms with E-state index in [9.17, 15) is 18.0 Å². The Morgan fingerprint density at radius 1 is 1.23 bits per heavy atom. The van der Waals surface area contributed by atoms with Crippen molar-refractivity contribution in [1.82, 2.24) is 4.90 Å². The third-order valence-corrected chi connectivity index (χ3v) is 5.58. The summed E-state index contributed by atoms with van der Waals surface area (Å²) in [6, 6.07) is 4.64. The summed E-state index contributed by atoms with van der Waals surface area (Å²) in [5, 5.41) is -0.379. The van der Waals surface area contributed by atoms with Crippen LogP contribution in [0.25, 0.3) is 17.4 Å². The van der Waals surface area contributed by atoms with Crippen molar-refractivity contribution >= 4 is 63.5 Å². The van der Waals surface area contributed by atoms with E-state index in [2.05, 4.69) is 0 Å². The van der Waals surface area contributed by atoms with Crippen molar-refractivity contribution in [2.24, 2.45) is 0 Å². The molecule has 1 aliphatic rings. The second-order valence-electron chi connectivity index (χ2n) is 5.26. The number of likely N-dealkylation sites (N-methyl/N-ethyl adjacent to an activating group) is 1. The first-order valence-electron chi connectivity index (χ1n) is 6.96. The van der Waals surface area contributed by atoms with Crippen LogP contribution in [-0.2, 0) is 11.0 Å². The molecule has 136 valence electrons. The van der Waals surface area contributed by atoms with Crippen molar-refractivity contribution in [3.8, 4) is 11.3 Å². The zero-order chi connectivity index (χ0) is 19.2. The standard InChI is InChI=1S/C16H8Cl2F3NO2S2/c1-22-14(23)12(26-15(22)25)6-8-2-3-11(24-8)13-9(17)4-7(5-10(13)18)16(19,20)21/h2-6H,1H3. The molecule has 1 saturated heterocycles. The van der Waals surface area contributed by atoms with Crippen molar-refractivity contribution < 1.29 is 22.4 Å². The molecule has 1 fully saturated rings. The summed E-state index contributed by atoms with van der Waals surface area (Å²) in [5.74, 6) is 0.247. The maximum absolute atomic E-state index is 12.8. The molecule has 1 aromatic carbocycles. The molecule has 0 bridgehead atoms. The Labute approximate surface area is 165 Å². The fourth-order valence-electron chi connectivity index (χ4n) is 2.21. The van der Waals surface area contributed by atoms with E-state index in [1.807, 2.05) is 0 Å². The molecule has 3 rings (SSSR count). The van der Waals surface area contributed by atoms with Crippen LogP contribution < -0.4 is 0 Å². The Bertz CT molecular complexity index is 930. The number of halogens is 5. The van der Waals surface area contributed by atoms with Crippen molar-refractivity contribution in [1.29, 1.82) is 0 Å². The predicted octanol–water partition coefficient (Wildman–Crippen LogP) is 6.10. The zero-order valence-corrected chi connectivity index (χ0v) is 16.0. The number of alkyl halides is 3. The molecule has 0 aliphatic carbocycles. The fourth-order valence-corrected chi connectivity index (χ4v) is 4.04. The van der Waals surface area contributed by atoms with E-state index in [0.29, 0.717) is 15.0 Å². The fraction of sp³-hybridized carbons (Fsp3) is 0.125. The molecule has 0 unspecified atom stereocenters. The van der Waals surface area contributed by atoms with Gasteiger partial charge in [0.25, 0.3) is 5.91 Å². The summed E-state index contributed by atoms with van der Waals surface area (Å²) in [7, 11) is 1.56. The summed E-state index contributed by atoms with van der Waals surface area (Å²) >= 11 is 18.1. The Morgan fingerprint density at radius 3 is 2.35 bits per heavy atom. The molecule has 1 amide bonds. The summed E-state index contributed by atoms with van der Waals surface area (Å²) in [6.07, 6.45) is -3.06. The summed E-state index contributed by atoms with van der Waals surface area (Å²) in [5.41, 5.74) is -0.807. The van der Waals surface area contributed by atoms with Crippen LogP contribution in [0.3, 0.4) is 0 Å². The first kappa shape index (κ1) is 19.3. The van der Waals surface area contributed by atoms with Gasteiger partial charge in [0.2, 0.25) is 0 Å². The van der Waals surface area contributed by atoms with Gasteiger partial charge in [-0.2, -0.15) is 13.2 Å². The van der Waals surface area contributed by atoms with Crippen LogP contribution in [0.5, 0.6) is 0 Å². The van der Waals surface area contributed by atoms with Gasteiger partial charge >= 0.3 is 6.18 Å². The van der Waals surface area contributed by atoms with E-state index >= 15 is 0 Å². The molecule has 0 radical (unpaired) electrons. The zero-order valence-electron chi connectivity index (χ0n) is 12.9. The number of benzene rings is 1. The maximum atomic E-state index is 12.8. The highest BCUT2D eigenvalue weighted by atomic mass is 35.5. The Balaban J connectivity index is 1.96. The van der Waals surface area contributed by atoms with Crippen molar-refractivity contribution in [2.75, 3.05) is 7.05 Å². The quantitative estimate of drug-likeness (QED) is 0.419. The van der Waals surface area contributed by atoms with E-state index in [1.165, 1.54) is 17.0 Å². The van der Waals surface area contributed by atoms with Gasteiger partial charge in [-0.05, 0) is 24.3 Å². The molecule has 26 heavy (non-hydrogen) atoms. The van der Waals surface area contributed by atoms with Gasteiger partial charge in [-0.25, -0.2) is 0 Å². The first-order chi connectivity index (χ1) is 12.1. The van der Waals surface area contributed by atoms with E-state index < -0.39 is 11.7 Å². The third kappa shape index (κ3) is 3.64. The normalized spacial score (nSPS) is 16.8. The highest BCUT2D eigenvalue weighted by molar-refractivity contribution is 8.26. The van der Waals surface area contributed by atoms with Gasteiger partial charge in [0.1, 0.15) is 15.8 Å². The molecular formula is C16H8Cl2F3NO2S2. The van der Waals surface area contributed by atoms with Gasteiger partial charge < -0.3 is 4.42 Å². The van der Waals surface area contributed by atoms with Crippen molar-refractivity contribution in [3.63, 3.8) is 0 Å². The lowest BCUT2D eigenvalue weighted by Crippen LogP contribution is -2.22. The van der Waals surface area contributed by atoms with Gasteiger partial charge in [0.05, 0.1) is 26.1 Å². The molecule has 10 heteroatoms. The number of hydrogen-bond donors (Lipinski definition) is 0. The van der Waals surface area contributed by atoms with Gasteiger partial charge in [0.15, 0.2) is 0 Å². The number of hydrogen-bond acceptors (Lipinski definition) is 4. The lowest BCUT2D eigenvalue weighted by atomic mass is 10.1. The van der Waals surface area contributed by atoms with Crippen molar-refractivity contribution in [2.45, 2.75) is 6.18 Å². The van der Waals surface area contributed by atoms with Crippen LogP contribution in [0.1, 0.15) is 11.3 Å². The van der Waals surface area contributed by atoms with Crippen LogP contribution in [0, 0.1) is 0 Å². The predicted molar refractivity (Wildman–Crippen MR) is 100 cm³/mol. The molecule has 0 saturated carbocycles. The maximum Gasteiger partial charge on any atom is 0.416 e. The van der Waals surface area contributed by atoms with Crippen LogP contribution in [0.15, 0.2) is 33.6 Å². The van der Waals surface area contributed by atoms with Crippen LogP contribution in [0.2, 0.25) is 10.0 Å². The topological polar surface area (TPSA) is 33.5 Å². The Hall–Kier alpha value is -1.48. The van der Waals surface area contributed by atoms with Crippen LogP contribution in [0.4, 0.5) is 13.2 Å². The van der Waals surface area contributed by atoms with Gasteiger partial charge in [0, 0.05) is 13.1 Å². The molecule has 2 heterocycles. The monoisotopic (exact) mass is 437 g/mol. The molecule has 1 aliphatic heterocycles. The Kier molecular flexibility index (Phi) is 5.13.